The Hall–Kier alpha value is -3.70. The van der Waals surface area contributed by atoms with Gasteiger partial charge >= 0.3 is 11.4 Å². The third-order valence-electron chi connectivity index (χ3n) is 5.51. The zero-order chi connectivity index (χ0) is 22.6. The van der Waals surface area contributed by atoms with Crippen molar-refractivity contribution in [3.05, 3.63) is 54.3 Å². The Labute approximate surface area is 175 Å². The highest BCUT2D eigenvalue weighted by atomic mass is 16.2. The van der Waals surface area contributed by atoms with Crippen LogP contribution in [0.3, 0.4) is 0 Å². The second kappa shape index (κ2) is 7.22. The molecule has 0 saturated heterocycles. The fourth-order valence-electron chi connectivity index (χ4n) is 3.92. The number of imidazole rings is 2. The molecular formula is C19H24N8O4. The third-order valence-corrected chi connectivity index (χ3v) is 5.51. The molecule has 0 saturated carbocycles. The molecule has 4 aromatic rings. The van der Waals surface area contributed by atoms with Crippen molar-refractivity contribution in [1.29, 1.82) is 0 Å². The number of aromatic nitrogens is 8. The number of hydrogen-bond acceptors (Lipinski definition) is 6. The maximum absolute atomic E-state index is 13.0. The average molecular weight is 428 g/mol. The van der Waals surface area contributed by atoms with Gasteiger partial charge in [0.1, 0.15) is 0 Å². The van der Waals surface area contributed by atoms with Gasteiger partial charge in [-0.3, -0.25) is 27.9 Å². The first-order valence-electron chi connectivity index (χ1n) is 9.92. The molecule has 0 aliphatic heterocycles. The molecule has 4 heterocycles. The maximum Gasteiger partial charge on any atom is 0.332 e. The van der Waals surface area contributed by atoms with Gasteiger partial charge in [-0.1, -0.05) is 0 Å². The Morgan fingerprint density at radius 3 is 1.81 bits per heavy atom. The third kappa shape index (κ3) is 2.97. The fraction of sp³-hybridized carbons (Fsp3) is 0.474. The van der Waals surface area contributed by atoms with Gasteiger partial charge in [0.15, 0.2) is 22.3 Å². The molecule has 4 rings (SSSR count). The summed E-state index contributed by atoms with van der Waals surface area (Å²) in [5, 5.41) is 0. The van der Waals surface area contributed by atoms with Gasteiger partial charge in [-0.25, -0.2) is 19.6 Å². The zero-order valence-electron chi connectivity index (χ0n) is 18.1. The molecule has 0 aromatic carbocycles. The van der Waals surface area contributed by atoms with Crippen LogP contribution in [0.2, 0.25) is 0 Å². The molecule has 164 valence electrons. The second-order valence-electron chi connectivity index (χ2n) is 7.91. The van der Waals surface area contributed by atoms with Crippen molar-refractivity contribution < 1.29 is 0 Å². The molecule has 0 radical (unpaired) electrons. The van der Waals surface area contributed by atoms with Crippen molar-refractivity contribution in [2.24, 2.45) is 21.1 Å². The Kier molecular flexibility index (Phi) is 4.79. The van der Waals surface area contributed by atoms with Crippen molar-refractivity contribution in [2.75, 3.05) is 0 Å². The van der Waals surface area contributed by atoms with E-state index in [0.717, 1.165) is 9.13 Å². The van der Waals surface area contributed by atoms with E-state index >= 15 is 0 Å². The molecule has 31 heavy (non-hydrogen) atoms. The van der Waals surface area contributed by atoms with Crippen LogP contribution in [0.15, 0.2) is 31.8 Å². The molecule has 0 N–H and O–H groups in total. The molecule has 0 unspecified atom stereocenters. The van der Waals surface area contributed by atoms with E-state index in [1.54, 1.807) is 30.3 Å². The summed E-state index contributed by atoms with van der Waals surface area (Å²) in [6.45, 7) is 3.81. The van der Waals surface area contributed by atoms with Crippen LogP contribution < -0.4 is 22.5 Å². The predicted molar refractivity (Wildman–Crippen MR) is 114 cm³/mol. The molecule has 0 aliphatic rings. The van der Waals surface area contributed by atoms with E-state index in [1.165, 1.54) is 21.8 Å². The Balaban J connectivity index is 1.75. The van der Waals surface area contributed by atoms with Crippen LogP contribution in [0.4, 0.5) is 0 Å². The minimum absolute atomic E-state index is 0.0591. The summed E-state index contributed by atoms with van der Waals surface area (Å²) in [5.74, 6) is 0. The number of aryl methyl sites for hydroxylation is 3. The second-order valence-corrected chi connectivity index (χ2v) is 7.91. The molecule has 0 spiro atoms. The van der Waals surface area contributed by atoms with Crippen LogP contribution >= 0.6 is 0 Å². The first kappa shape index (κ1) is 20.6. The van der Waals surface area contributed by atoms with Crippen molar-refractivity contribution in [1.82, 2.24) is 37.4 Å². The number of fused-ring (bicyclic) bond motifs is 2. The fourth-order valence-corrected chi connectivity index (χ4v) is 3.92. The highest BCUT2D eigenvalue weighted by Gasteiger charge is 2.19. The van der Waals surface area contributed by atoms with Crippen molar-refractivity contribution in [3.8, 4) is 0 Å². The normalized spacial score (nSPS) is 11.9. The Morgan fingerprint density at radius 1 is 0.774 bits per heavy atom. The van der Waals surface area contributed by atoms with Crippen LogP contribution in [-0.4, -0.2) is 37.4 Å². The molecule has 12 nitrogen and oxygen atoms in total. The highest BCUT2D eigenvalue weighted by Crippen LogP contribution is 2.10. The summed E-state index contributed by atoms with van der Waals surface area (Å²) in [6, 6.07) is -0.195. The molecule has 0 bridgehead atoms. The SMILES string of the molecule is CC(C)n1c(=O)n(CCCn2c(=O)c3c(ncn3C)n(C)c2=O)c(=O)c2c1ncn2C. The maximum atomic E-state index is 13.0. The zero-order valence-corrected chi connectivity index (χ0v) is 18.1. The summed E-state index contributed by atoms with van der Waals surface area (Å²) in [4.78, 5) is 59.8. The van der Waals surface area contributed by atoms with E-state index in [4.69, 9.17) is 0 Å². The van der Waals surface area contributed by atoms with Gasteiger partial charge in [-0.2, -0.15) is 0 Å². The standard InChI is InChI=1S/C19H24N8O4/c1-11(2)27-15-13(23(4)10-21-15)17(29)26(19(27)31)8-6-7-25-16(28)12-14(20-9-22(12)3)24(5)18(25)30/h9-11H,6-8H2,1-5H3. The molecule has 12 heteroatoms. The predicted octanol–water partition coefficient (Wildman–Crippen LogP) is -0.685. The molecule has 0 aliphatic carbocycles. The van der Waals surface area contributed by atoms with Crippen LogP contribution in [-0.2, 0) is 34.2 Å². The first-order chi connectivity index (χ1) is 14.6. The van der Waals surface area contributed by atoms with Gasteiger partial charge in [0.2, 0.25) is 0 Å². The summed E-state index contributed by atoms with van der Waals surface area (Å²) in [5.41, 5.74) is -0.553. The van der Waals surface area contributed by atoms with Crippen molar-refractivity contribution >= 4 is 22.3 Å². The first-order valence-corrected chi connectivity index (χ1v) is 9.92. The monoisotopic (exact) mass is 428 g/mol. The van der Waals surface area contributed by atoms with Crippen molar-refractivity contribution in [2.45, 2.75) is 39.4 Å². The minimum Gasteiger partial charge on any atom is -0.328 e. The molecule has 0 amide bonds. The number of hydrogen-bond donors (Lipinski definition) is 0. The molecule has 0 fully saturated rings. The summed E-state index contributed by atoms with van der Waals surface area (Å²) < 4.78 is 8.19. The molecule has 4 aromatic heterocycles. The largest absolute Gasteiger partial charge is 0.332 e. The number of rotatable bonds is 5. The lowest BCUT2D eigenvalue weighted by molar-refractivity contribution is 0.479. The van der Waals surface area contributed by atoms with Crippen LogP contribution in [0.25, 0.3) is 22.3 Å². The van der Waals surface area contributed by atoms with Crippen LogP contribution in [0.1, 0.15) is 26.3 Å². The quantitative estimate of drug-likeness (QED) is 0.415. The summed E-state index contributed by atoms with van der Waals surface area (Å²) >= 11 is 0. The van der Waals surface area contributed by atoms with Crippen molar-refractivity contribution in [3.63, 3.8) is 0 Å². The van der Waals surface area contributed by atoms with E-state index in [9.17, 15) is 19.2 Å². The van der Waals surface area contributed by atoms with Crippen LogP contribution in [0.5, 0.6) is 0 Å². The summed E-state index contributed by atoms with van der Waals surface area (Å²) in [6.07, 6.45) is 3.23. The van der Waals surface area contributed by atoms with Gasteiger partial charge in [0.05, 0.1) is 12.7 Å². The lowest BCUT2D eigenvalue weighted by Crippen LogP contribution is -2.42. The van der Waals surface area contributed by atoms with Gasteiger partial charge in [-0.05, 0) is 20.3 Å². The molecular weight excluding hydrogens is 404 g/mol. The lowest BCUT2D eigenvalue weighted by Gasteiger charge is -2.15. The highest BCUT2D eigenvalue weighted by molar-refractivity contribution is 5.70. The van der Waals surface area contributed by atoms with E-state index in [-0.39, 0.29) is 25.6 Å². The van der Waals surface area contributed by atoms with Crippen LogP contribution in [0, 0.1) is 0 Å². The van der Waals surface area contributed by atoms with Gasteiger partial charge in [-0.15, -0.1) is 0 Å². The van der Waals surface area contributed by atoms with Gasteiger partial charge < -0.3 is 9.13 Å². The van der Waals surface area contributed by atoms with Gasteiger partial charge in [0, 0.05) is 40.3 Å². The Morgan fingerprint density at radius 2 is 1.26 bits per heavy atom. The van der Waals surface area contributed by atoms with E-state index in [0.29, 0.717) is 22.3 Å². The minimum atomic E-state index is -0.495. The smallest absolute Gasteiger partial charge is 0.328 e. The summed E-state index contributed by atoms with van der Waals surface area (Å²) in [7, 11) is 4.93. The van der Waals surface area contributed by atoms with E-state index in [1.807, 2.05) is 13.8 Å². The van der Waals surface area contributed by atoms with E-state index < -0.39 is 22.5 Å². The topological polar surface area (TPSA) is 124 Å². The number of nitrogens with zero attached hydrogens (tertiary/aromatic N) is 8. The Bertz CT molecular complexity index is 1560. The van der Waals surface area contributed by atoms with Gasteiger partial charge in [0.25, 0.3) is 11.1 Å². The van der Waals surface area contributed by atoms with E-state index in [2.05, 4.69) is 9.97 Å². The average Bonchev–Trinajstić information content (AvgIpc) is 3.28. The molecule has 0 atom stereocenters. The lowest BCUT2D eigenvalue weighted by atomic mass is 10.3.